The quantitative estimate of drug-likeness (QED) is 0.118. The van der Waals surface area contributed by atoms with Crippen LogP contribution in [0.4, 0.5) is 0 Å². The molecule has 0 atom stereocenters. The van der Waals surface area contributed by atoms with E-state index in [0.29, 0.717) is 37.1 Å². The van der Waals surface area contributed by atoms with Crippen molar-refractivity contribution >= 4 is 56.3 Å². The van der Waals surface area contributed by atoms with E-state index in [-0.39, 0.29) is 38.0 Å². The van der Waals surface area contributed by atoms with E-state index in [1.165, 1.54) is 14.2 Å². The van der Waals surface area contributed by atoms with Gasteiger partial charge in [0.1, 0.15) is 0 Å². The van der Waals surface area contributed by atoms with Crippen LogP contribution in [0.2, 0.25) is 0 Å². The van der Waals surface area contributed by atoms with E-state index in [4.69, 9.17) is 19.4 Å². The molecule has 270 valence electrons. The lowest BCUT2D eigenvalue weighted by molar-refractivity contribution is -0.141. The Hall–Kier alpha value is -5.32. The van der Waals surface area contributed by atoms with E-state index in [9.17, 15) is 19.8 Å². The average Bonchev–Trinajstić information content (AvgIpc) is 3.81. The molecule has 0 unspecified atom stereocenters. The zero-order chi connectivity index (χ0) is 37.1. The lowest BCUT2D eigenvalue weighted by Crippen LogP contribution is -2.02. The lowest BCUT2D eigenvalue weighted by Gasteiger charge is -2.13. The molecule has 0 saturated carbocycles. The molecule has 0 fully saturated rings. The molecule has 2 aliphatic heterocycles. The largest absolute Gasteiger partial charge is 0.469 e. The predicted octanol–water partition coefficient (Wildman–Crippen LogP) is 7.44. The first-order chi connectivity index (χ1) is 25.1. The highest BCUT2D eigenvalue weighted by Crippen LogP contribution is 2.44. The van der Waals surface area contributed by atoms with E-state index in [2.05, 4.69) is 16.0 Å². The van der Waals surface area contributed by atoms with Crippen molar-refractivity contribution in [2.75, 3.05) is 27.4 Å². The minimum Gasteiger partial charge on any atom is -0.469 e. The molecular weight excluding hydrogens is 656 g/mol. The number of carbonyl (C=O) groups excluding carboxylic acids is 2. The van der Waals surface area contributed by atoms with Crippen LogP contribution in [0.1, 0.15) is 84.6 Å². The summed E-state index contributed by atoms with van der Waals surface area (Å²) in [5.74, 6) is -0.630. The number of H-pyrrole nitrogens is 2. The Bertz CT molecular complexity index is 2140. The van der Waals surface area contributed by atoms with Crippen LogP contribution in [0, 0.1) is 13.8 Å². The van der Waals surface area contributed by atoms with Gasteiger partial charge in [0.05, 0.1) is 37.0 Å². The average molecular weight is 703 g/mol. The number of carbonyl (C=O) groups is 2. The van der Waals surface area contributed by atoms with Gasteiger partial charge in [-0.1, -0.05) is 30.3 Å². The molecule has 10 nitrogen and oxygen atoms in total. The molecule has 3 aromatic heterocycles. The number of hydrogen-bond donors (Lipinski definition) is 4. The van der Waals surface area contributed by atoms with Crippen molar-refractivity contribution in [1.82, 2.24) is 19.9 Å². The summed E-state index contributed by atoms with van der Waals surface area (Å²) in [5.41, 5.74) is 15.7. The normalized spacial score (nSPS) is 12.8. The zero-order valence-corrected chi connectivity index (χ0v) is 30.7. The first-order valence-corrected chi connectivity index (χ1v) is 17.7. The fraction of sp³-hybridized carbons (Fsp3) is 0.333. The van der Waals surface area contributed by atoms with Crippen LogP contribution in [0.25, 0.3) is 55.5 Å². The summed E-state index contributed by atoms with van der Waals surface area (Å²) in [6.45, 7) is 8.10. The number of aliphatic hydroxyl groups is 2. The van der Waals surface area contributed by atoms with Crippen molar-refractivity contribution in [3.8, 4) is 11.1 Å². The molecule has 0 amide bonds. The molecule has 0 radical (unpaired) electrons. The van der Waals surface area contributed by atoms with Crippen LogP contribution in [0.3, 0.4) is 0 Å². The molecule has 6 rings (SSSR count). The number of aliphatic hydroxyl groups excluding tert-OH is 2. The molecule has 4 aromatic rings. The fourth-order valence-electron chi connectivity index (χ4n) is 7.34. The Labute approximate surface area is 303 Å². The Kier molecular flexibility index (Phi) is 10.9. The summed E-state index contributed by atoms with van der Waals surface area (Å²) in [5, 5.41) is 20.2. The van der Waals surface area contributed by atoms with Gasteiger partial charge in [-0.15, -0.1) is 0 Å². The number of allylic oxidation sites excluding steroid dienone is 4. The second-order valence-electron chi connectivity index (χ2n) is 13.3. The van der Waals surface area contributed by atoms with Gasteiger partial charge >= 0.3 is 11.9 Å². The number of esters is 2. The van der Waals surface area contributed by atoms with Gasteiger partial charge in [0, 0.05) is 53.7 Å². The summed E-state index contributed by atoms with van der Waals surface area (Å²) in [7, 11) is 2.78. The number of ether oxygens (including phenoxy) is 2. The molecule has 0 saturated heterocycles. The minimum atomic E-state index is -0.315. The summed E-state index contributed by atoms with van der Waals surface area (Å²) in [4.78, 5) is 42.9. The van der Waals surface area contributed by atoms with Gasteiger partial charge in [-0.3, -0.25) is 9.59 Å². The smallest absolute Gasteiger partial charge is 0.305 e. The van der Waals surface area contributed by atoms with Gasteiger partial charge in [-0.2, -0.15) is 0 Å². The number of fused-ring (bicyclic) bond motifs is 8. The van der Waals surface area contributed by atoms with E-state index in [1.54, 1.807) is 0 Å². The Morgan fingerprint density at radius 3 is 1.48 bits per heavy atom. The number of rotatable bonds is 11. The Balaban J connectivity index is 1.83. The number of nitrogens with zero attached hydrogens (tertiary/aromatic N) is 2. The minimum absolute atomic E-state index is 0.0154. The maximum Gasteiger partial charge on any atom is 0.305 e. The van der Waals surface area contributed by atoms with Crippen LogP contribution in [-0.2, 0) is 31.9 Å². The summed E-state index contributed by atoms with van der Waals surface area (Å²) < 4.78 is 10.1. The van der Waals surface area contributed by atoms with Gasteiger partial charge < -0.3 is 29.7 Å². The van der Waals surface area contributed by atoms with Gasteiger partial charge in [0.25, 0.3) is 0 Å². The summed E-state index contributed by atoms with van der Waals surface area (Å²) in [6, 6.07) is 16.1. The van der Waals surface area contributed by atoms with E-state index in [1.807, 2.05) is 70.2 Å². The van der Waals surface area contributed by atoms with Gasteiger partial charge in [0.15, 0.2) is 0 Å². The monoisotopic (exact) mass is 702 g/mol. The maximum absolute atomic E-state index is 12.5. The van der Waals surface area contributed by atoms with Crippen molar-refractivity contribution in [3.63, 3.8) is 0 Å². The molecule has 0 aliphatic carbocycles. The van der Waals surface area contributed by atoms with Crippen molar-refractivity contribution < 1.29 is 29.3 Å². The van der Waals surface area contributed by atoms with Crippen LogP contribution >= 0.6 is 0 Å². The number of aryl methyl sites for hydroxylation is 2. The predicted molar refractivity (Wildman–Crippen MR) is 205 cm³/mol. The molecule has 10 heteroatoms. The topological polar surface area (TPSA) is 150 Å². The molecular formula is C42H46N4O6. The third kappa shape index (κ3) is 6.96. The molecule has 1 aromatic carbocycles. The van der Waals surface area contributed by atoms with Crippen LogP contribution in [0.15, 0.2) is 48.5 Å². The van der Waals surface area contributed by atoms with Crippen LogP contribution < -0.4 is 0 Å². The third-order valence-corrected chi connectivity index (χ3v) is 10.3. The highest BCUT2D eigenvalue weighted by atomic mass is 16.5. The molecule has 52 heavy (non-hydrogen) atoms. The van der Waals surface area contributed by atoms with Crippen LogP contribution in [0.5, 0.6) is 0 Å². The SMILES string of the molecule is COC(=O)CCC1=C(C)c2cc3[nH]c(cc4[nH]c(cc5nc(c(-c6ccccc6)c1n2)C(CCC(=O)OC)=C5C)c(C)c4CCO)c(CCO)c3C. The molecule has 4 N–H and O–H groups in total. The van der Waals surface area contributed by atoms with Crippen molar-refractivity contribution in [3.05, 3.63) is 93.6 Å². The lowest BCUT2D eigenvalue weighted by atomic mass is 9.90. The van der Waals surface area contributed by atoms with E-state index < -0.39 is 0 Å². The number of methoxy groups -OCH3 is 2. The van der Waals surface area contributed by atoms with Crippen LogP contribution in [-0.4, -0.2) is 69.5 Å². The summed E-state index contributed by atoms with van der Waals surface area (Å²) >= 11 is 0. The molecule has 0 spiro atoms. The Morgan fingerprint density at radius 2 is 1.08 bits per heavy atom. The van der Waals surface area contributed by atoms with Gasteiger partial charge in [-0.05, 0) is 122 Å². The summed E-state index contributed by atoms with van der Waals surface area (Å²) in [6.07, 6.45) is 2.06. The second kappa shape index (κ2) is 15.5. The number of benzene rings is 1. The number of aromatic nitrogens is 4. The number of aromatic amines is 2. The van der Waals surface area contributed by atoms with Gasteiger partial charge in [-0.25, -0.2) is 9.97 Å². The van der Waals surface area contributed by atoms with E-state index in [0.717, 1.165) is 89.1 Å². The van der Waals surface area contributed by atoms with Gasteiger partial charge in [0.2, 0.25) is 0 Å². The molecule has 2 aliphatic rings. The highest BCUT2D eigenvalue weighted by molar-refractivity contribution is 6.03. The van der Waals surface area contributed by atoms with Crippen molar-refractivity contribution in [2.24, 2.45) is 0 Å². The van der Waals surface area contributed by atoms with Crippen molar-refractivity contribution in [1.29, 1.82) is 0 Å². The number of nitrogens with one attached hydrogen (secondary N) is 2. The Morgan fingerprint density at radius 1 is 0.635 bits per heavy atom. The second-order valence-corrected chi connectivity index (χ2v) is 13.3. The van der Waals surface area contributed by atoms with Crippen molar-refractivity contribution in [2.45, 2.75) is 66.2 Å². The highest BCUT2D eigenvalue weighted by Gasteiger charge is 2.28. The maximum atomic E-state index is 12.5. The fourth-order valence-corrected chi connectivity index (χ4v) is 7.34. The third-order valence-electron chi connectivity index (χ3n) is 10.3. The molecule has 5 heterocycles. The first-order valence-electron chi connectivity index (χ1n) is 17.7. The standard InChI is InChI=1S/C42H46N4O6/c1-23-28(16-18-47)36-22-37-29(17-19-48)24(2)33(44-37)21-35-26(4)31(13-15-39(50)52-6)42(46-35)40(27-10-8-7-9-11-27)41-30(12-14-38(49)51-5)25(3)34(45-41)20-32(23)43-36/h7-11,20-22,43-44,47-48H,12-19H2,1-6H3. The number of hydrogen-bond acceptors (Lipinski definition) is 8. The first kappa shape index (κ1) is 36.5. The van der Waals surface area contributed by atoms with E-state index >= 15 is 0 Å². The molecule has 8 bridgehead atoms. The zero-order valence-electron chi connectivity index (χ0n) is 30.7.